The third kappa shape index (κ3) is 4.32. The standard InChI is InChI=1S/C19H17ClN4O3/c1-12-17(23-24(22-12)14-8-4-3-5-9-14)19(26)27-13(2)18(25)21-16-11-7-6-10-15(16)20/h3-11,13H,1-2H3,(H,21,25)/t13-/m0/s1. The number of nitrogens with one attached hydrogen (secondary N) is 1. The van der Waals surface area contributed by atoms with E-state index in [9.17, 15) is 9.59 Å². The molecule has 1 amide bonds. The fraction of sp³-hybridized carbons (Fsp3) is 0.158. The summed E-state index contributed by atoms with van der Waals surface area (Å²) in [5, 5.41) is 11.4. The van der Waals surface area contributed by atoms with Crippen LogP contribution in [0.15, 0.2) is 54.6 Å². The Bertz CT molecular complexity index is 972. The van der Waals surface area contributed by atoms with Gasteiger partial charge in [0.05, 0.1) is 22.1 Å². The Balaban J connectivity index is 1.69. The SMILES string of the molecule is Cc1nn(-c2ccccc2)nc1C(=O)O[C@@H](C)C(=O)Nc1ccccc1Cl. The van der Waals surface area contributed by atoms with Crippen molar-refractivity contribution in [2.75, 3.05) is 5.32 Å². The zero-order valence-electron chi connectivity index (χ0n) is 14.7. The second-order valence-corrected chi connectivity index (χ2v) is 6.18. The molecule has 0 aliphatic rings. The minimum atomic E-state index is -1.03. The zero-order chi connectivity index (χ0) is 19.4. The number of rotatable bonds is 5. The molecular weight excluding hydrogens is 368 g/mol. The van der Waals surface area contributed by atoms with Crippen molar-refractivity contribution in [2.45, 2.75) is 20.0 Å². The molecule has 8 heteroatoms. The maximum Gasteiger partial charge on any atom is 0.361 e. The van der Waals surface area contributed by atoms with Crippen LogP contribution in [0.25, 0.3) is 5.69 Å². The molecule has 1 heterocycles. The van der Waals surface area contributed by atoms with Crippen molar-refractivity contribution in [1.29, 1.82) is 0 Å². The highest BCUT2D eigenvalue weighted by molar-refractivity contribution is 6.33. The topological polar surface area (TPSA) is 86.1 Å². The molecule has 0 bridgehead atoms. The van der Waals surface area contributed by atoms with Crippen molar-refractivity contribution >= 4 is 29.2 Å². The van der Waals surface area contributed by atoms with Gasteiger partial charge >= 0.3 is 5.97 Å². The third-order valence-electron chi connectivity index (χ3n) is 3.75. The van der Waals surface area contributed by atoms with Gasteiger partial charge in [0.15, 0.2) is 11.8 Å². The molecule has 0 aliphatic heterocycles. The first-order valence-electron chi connectivity index (χ1n) is 8.21. The molecule has 0 spiro atoms. The van der Waals surface area contributed by atoms with E-state index in [4.69, 9.17) is 16.3 Å². The van der Waals surface area contributed by atoms with Crippen molar-refractivity contribution in [3.05, 3.63) is 71.0 Å². The second kappa shape index (κ2) is 8.01. The molecule has 0 aliphatic carbocycles. The van der Waals surface area contributed by atoms with Crippen LogP contribution in [0.3, 0.4) is 0 Å². The molecule has 3 rings (SSSR count). The molecule has 7 nitrogen and oxygen atoms in total. The molecule has 1 aromatic heterocycles. The van der Waals surface area contributed by atoms with Gasteiger partial charge in [0.1, 0.15) is 0 Å². The van der Waals surface area contributed by atoms with E-state index in [1.165, 1.54) is 11.7 Å². The lowest BCUT2D eigenvalue weighted by molar-refractivity contribution is -0.123. The normalized spacial score (nSPS) is 11.7. The lowest BCUT2D eigenvalue weighted by Gasteiger charge is -2.13. The van der Waals surface area contributed by atoms with E-state index in [1.807, 2.05) is 30.3 Å². The Morgan fingerprint density at radius 1 is 1.07 bits per heavy atom. The fourth-order valence-electron chi connectivity index (χ4n) is 2.31. The summed E-state index contributed by atoms with van der Waals surface area (Å²) in [6.07, 6.45) is -1.03. The number of nitrogens with zero attached hydrogens (tertiary/aromatic N) is 3. The van der Waals surface area contributed by atoms with Gasteiger partial charge in [-0.15, -0.1) is 5.10 Å². The first-order chi connectivity index (χ1) is 13.0. The maximum absolute atomic E-state index is 12.4. The minimum absolute atomic E-state index is 0.0521. The van der Waals surface area contributed by atoms with Gasteiger partial charge in [-0.2, -0.15) is 9.90 Å². The maximum atomic E-state index is 12.4. The van der Waals surface area contributed by atoms with E-state index in [-0.39, 0.29) is 5.69 Å². The van der Waals surface area contributed by atoms with Gasteiger partial charge in [0, 0.05) is 0 Å². The number of hydrogen-bond acceptors (Lipinski definition) is 5. The highest BCUT2D eigenvalue weighted by Crippen LogP contribution is 2.21. The van der Waals surface area contributed by atoms with Crippen molar-refractivity contribution < 1.29 is 14.3 Å². The Labute approximate surface area is 160 Å². The molecule has 0 radical (unpaired) electrons. The predicted molar refractivity (Wildman–Crippen MR) is 101 cm³/mol. The van der Waals surface area contributed by atoms with E-state index in [0.717, 1.165) is 0 Å². The van der Waals surface area contributed by atoms with Gasteiger partial charge in [-0.05, 0) is 38.1 Å². The summed E-state index contributed by atoms with van der Waals surface area (Å²) < 4.78 is 5.23. The lowest BCUT2D eigenvalue weighted by Crippen LogP contribution is -2.30. The number of para-hydroxylation sites is 2. The van der Waals surface area contributed by atoms with Gasteiger partial charge in [-0.25, -0.2) is 4.79 Å². The monoisotopic (exact) mass is 384 g/mol. The number of amides is 1. The van der Waals surface area contributed by atoms with Crippen LogP contribution in [0.2, 0.25) is 5.02 Å². The highest BCUT2D eigenvalue weighted by Gasteiger charge is 2.24. The summed E-state index contributed by atoms with van der Waals surface area (Å²) in [5.41, 5.74) is 1.61. The van der Waals surface area contributed by atoms with Gasteiger partial charge in [-0.1, -0.05) is 41.9 Å². The van der Waals surface area contributed by atoms with E-state index < -0.39 is 18.0 Å². The summed E-state index contributed by atoms with van der Waals surface area (Å²) in [5.74, 6) is -1.22. The van der Waals surface area contributed by atoms with E-state index >= 15 is 0 Å². The number of aromatic nitrogens is 3. The van der Waals surface area contributed by atoms with Crippen LogP contribution in [-0.2, 0) is 9.53 Å². The van der Waals surface area contributed by atoms with E-state index in [0.29, 0.717) is 22.1 Å². The van der Waals surface area contributed by atoms with Crippen molar-refractivity contribution in [2.24, 2.45) is 0 Å². The number of anilines is 1. The van der Waals surface area contributed by atoms with Crippen LogP contribution in [0.5, 0.6) is 0 Å². The van der Waals surface area contributed by atoms with Gasteiger partial charge in [-0.3, -0.25) is 4.79 Å². The van der Waals surface area contributed by atoms with Gasteiger partial charge in [0.2, 0.25) is 0 Å². The summed E-state index contributed by atoms with van der Waals surface area (Å²) in [4.78, 5) is 26.0. The van der Waals surface area contributed by atoms with Crippen molar-refractivity contribution in [3.8, 4) is 5.69 Å². The molecule has 0 unspecified atom stereocenters. The summed E-state index contributed by atoms with van der Waals surface area (Å²) in [7, 11) is 0. The number of carbonyl (C=O) groups excluding carboxylic acids is 2. The third-order valence-corrected chi connectivity index (χ3v) is 4.08. The Kier molecular flexibility index (Phi) is 5.52. The number of carbonyl (C=O) groups is 2. The van der Waals surface area contributed by atoms with Crippen LogP contribution >= 0.6 is 11.6 Å². The molecule has 0 saturated carbocycles. The highest BCUT2D eigenvalue weighted by atomic mass is 35.5. The Morgan fingerprint density at radius 2 is 1.74 bits per heavy atom. The van der Waals surface area contributed by atoms with Crippen molar-refractivity contribution in [1.82, 2.24) is 15.0 Å². The number of ether oxygens (including phenoxy) is 1. The molecule has 3 aromatic rings. The zero-order valence-corrected chi connectivity index (χ0v) is 15.5. The first kappa shape index (κ1) is 18.6. The molecule has 138 valence electrons. The average molecular weight is 385 g/mol. The van der Waals surface area contributed by atoms with E-state index in [1.54, 1.807) is 31.2 Å². The molecule has 0 saturated heterocycles. The van der Waals surface area contributed by atoms with Crippen LogP contribution < -0.4 is 5.32 Å². The average Bonchev–Trinajstić information content (AvgIpc) is 3.06. The molecule has 1 atom stereocenters. The quantitative estimate of drug-likeness (QED) is 0.681. The Hall–Kier alpha value is -3.19. The van der Waals surface area contributed by atoms with Crippen LogP contribution in [0.4, 0.5) is 5.69 Å². The summed E-state index contributed by atoms with van der Waals surface area (Å²) in [6, 6.07) is 16.0. The molecule has 1 N–H and O–H groups in total. The largest absolute Gasteiger partial charge is 0.448 e. The number of halogens is 1. The summed E-state index contributed by atoms with van der Waals surface area (Å²) in [6.45, 7) is 3.12. The van der Waals surface area contributed by atoms with Crippen LogP contribution in [-0.4, -0.2) is 33.0 Å². The van der Waals surface area contributed by atoms with Crippen molar-refractivity contribution in [3.63, 3.8) is 0 Å². The van der Waals surface area contributed by atoms with E-state index in [2.05, 4.69) is 15.5 Å². The number of hydrogen-bond donors (Lipinski definition) is 1. The fourth-order valence-corrected chi connectivity index (χ4v) is 2.49. The Morgan fingerprint density at radius 3 is 2.44 bits per heavy atom. The molecular formula is C19H17ClN4O3. The second-order valence-electron chi connectivity index (χ2n) is 5.78. The lowest BCUT2D eigenvalue weighted by atomic mass is 10.3. The first-order valence-corrected chi connectivity index (χ1v) is 8.59. The molecule has 2 aromatic carbocycles. The summed E-state index contributed by atoms with van der Waals surface area (Å²) >= 11 is 6.01. The predicted octanol–water partition coefficient (Wildman–Crippen LogP) is 3.41. The smallest absolute Gasteiger partial charge is 0.361 e. The van der Waals surface area contributed by atoms with Crippen LogP contribution in [0.1, 0.15) is 23.1 Å². The number of benzene rings is 2. The minimum Gasteiger partial charge on any atom is -0.448 e. The van der Waals surface area contributed by atoms with Gasteiger partial charge in [0.25, 0.3) is 5.91 Å². The number of esters is 1. The van der Waals surface area contributed by atoms with Gasteiger partial charge < -0.3 is 10.1 Å². The molecule has 0 fully saturated rings. The number of aryl methyl sites for hydroxylation is 1. The van der Waals surface area contributed by atoms with Crippen LogP contribution in [0, 0.1) is 6.92 Å². The molecule has 27 heavy (non-hydrogen) atoms.